The molecule has 0 heterocycles. The Labute approximate surface area is 121 Å². The molecule has 0 amide bonds. The van der Waals surface area contributed by atoms with E-state index in [9.17, 15) is 0 Å². The molecule has 0 radical (unpaired) electrons. The lowest BCUT2D eigenvalue weighted by atomic mass is 9.66. The van der Waals surface area contributed by atoms with Crippen LogP contribution in [-0.2, 0) is 9.47 Å². The van der Waals surface area contributed by atoms with Gasteiger partial charge in [0.25, 0.3) is 0 Å². The summed E-state index contributed by atoms with van der Waals surface area (Å²) in [5, 5.41) is 0. The fraction of sp³-hybridized carbons (Fsp3) is 1.00. The van der Waals surface area contributed by atoms with Gasteiger partial charge in [0.1, 0.15) is 0 Å². The predicted molar refractivity (Wildman–Crippen MR) is 83.5 cm³/mol. The monoisotopic (exact) mass is 272 g/mol. The molecule has 0 N–H and O–H groups in total. The zero-order valence-electron chi connectivity index (χ0n) is 15.1. The first-order valence-corrected chi connectivity index (χ1v) is 7.36. The van der Waals surface area contributed by atoms with Crippen molar-refractivity contribution in [3.8, 4) is 0 Å². The molecule has 0 saturated carbocycles. The van der Waals surface area contributed by atoms with E-state index in [1.54, 1.807) is 7.11 Å². The molecule has 0 fully saturated rings. The molecule has 116 valence electrons. The summed E-state index contributed by atoms with van der Waals surface area (Å²) < 4.78 is 11.8. The summed E-state index contributed by atoms with van der Waals surface area (Å²) in [6.07, 6.45) is 0.179. The molecule has 19 heavy (non-hydrogen) atoms. The lowest BCUT2D eigenvalue weighted by Gasteiger charge is -2.49. The summed E-state index contributed by atoms with van der Waals surface area (Å²) in [4.78, 5) is 0. The predicted octanol–water partition coefficient (Wildman–Crippen LogP) is 4.92. The quantitative estimate of drug-likeness (QED) is 0.683. The van der Waals surface area contributed by atoms with Gasteiger partial charge < -0.3 is 9.47 Å². The van der Waals surface area contributed by atoms with Gasteiger partial charge in [-0.25, -0.2) is 0 Å². The second-order valence-corrected chi connectivity index (χ2v) is 8.56. The molecule has 0 saturated heterocycles. The maximum absolute atomic E-state index is 6.47. The Morgan fingerprint density at radius 3 is 1.58 bits per heavy atom. The van der Waals surface area contributed by atoms with Crippen molar-refractivity contribution in [1.82, 2.24) is 0 Å². The van der Waals surface area contributed by atoms with Crippen LogP contribution in [0.4, 0.5) is 0 Å². The van der Waals surface area contributed by atoms with Crippen molar-refractivity contribution >= 4 is 0 Å². The van der Waals surface area contributed by atoms with E-state index in [1.165, 1.54) is 0 Å². The smallest absolute Gasteiger partial charge is 0.0703 e. The third kappa shape index (κ3) is 4.19. The highest BCUT2D eigenvalue weighted by Gasteiger charge is 2.45. The maximum Gasteiger partial charge on any atom is 0.0703 e. The zero-order chi connectivity index (χ0) is 15.7. The Hall–Kier alpha value is -0.0800. The fourth-order valence-electron chi connectivity index (χ4n) is 1.89. The highest BCUT2D eigenvalue weighted by Crippen LogP contribution is 2.45. The van der Waals surface area contributed by atoms with E-state index in [1.807, 2.05) is 0 Å². The van der Waals surface area contributed by atoms with Gasteiger partial charge in [0.05, 0.1) is 18.3 Å². The number of methoxy groups -OCH3 is 1. The molecule has 1 unspecified atom stereocenters. The Morgan fingerprint density at radius 1 is 0.842 bits per heavy atom. The van der Waals surface area contributed by atoms with E-state index in [0.717, 1.165) is 0 Å². The minimum Gasteiger partial charge on any atom is -0.384 e. The van der Waals surface area contributed by atoms with Gasteiger partial charge >= 0.3 is 0 Å². The molecule has 0 aliphatic heterocycles. The van der Waals surface area contributed by atoms with Crippen molar-refractivity contribution in [2.45, 2.75) is 80.9 Å². The van der Waals surface area contributed by atoms with Gasteiger partial charge in [-0.1, -0.05) is 48.5 Å². The van der Waals surface area contributed by atoms with Crippen LogP contribution in [-0.4, -0.2) is 25.4 Å². The minimum absolute atomic E-state index is 0.0238. The maximum atomic E-state index is 6.47. The van der Waals surface area contributed by atoms with Crippen LogP contribution in [0.2, 0.25) is 0 Å². The number of hydrogen-bond donors (Lipinski definition) is 0. The van der Waals surface area contributed by atoms with Crippen LogP contribution in [0.1, 0.15) is 69.2 Å². The Morgan fingerprint density at radius 2 is 1.26 bits per heavy atom. The van der Waals surface area contributed by atoms with E-state index in [0.29, 0.717) is 6.61 Å². The Kier molecular flexibility index (Phi) is 5.71. The van der Waals surface area contributed by atoms with Crippen molar-refractivity contribution in [3.05, 3.63) is 0 Å². The van der Waals surface area contributed by atoms with Crippen LogP contribution in [0.25, 0.3) is 0 Å². The van der Waals surface area contributed by atoms with E-state index in [-0.39, 0.29) is 27.9 Å². The number of rotatable bonds is 6. The topological polar surface area (TPSA) is 18.5 Å². The number of ether oxygens (including phenoxy) is 2. The second kappa shape index (κ2) is 5.73. The van der Waals surface area contributed by atoms with Crippen LogP contribution in [0.3, 0.4) is 0 Å². The SMILES string of the molecule is COCC(C)(C)C(C)(C)OC(C)C(C)(C)C(C)(C)C. The summed E-state index contributed by atoms with van der Waals surface area (Å²) in [6, 6.07) is 0. The number of hydrogen-bond acceptors (Lipinski definition) is 2. The summed E-state index contributed by atoms with van der Waals surface area (Å²) in [6.45, 7) is 23.0. The lowest BCUT2D eigenvalue weighted by Crippen LogP contribution is -2.51. The molecule has 2 nitrogen and oxygen atoms in total. The first-order chi connectivity index (χ1) is 8.19. The molecule has 0 spiro atoms. The van der Waals surface area contributed by atoms with Crippen LogP contribution in [0, 0.1) is 16.2 Å². The summed E-state index contributed by atoms with van der Waals surface area (Å²) in [5.41, 5.74) is 0.0518. The molecule has 0 aromatic heterocycles. The van der Waals surface area contributed by atoms with Gasteiger partial charge in [0.2, 0.25) is 0 Å². The molecule has 0 aromatic carbocycles. The first-order valence-electron chi connectivity index (χ1n) is 7.36. The normalized spacial score (nSPS) is 16.6. The first kappa shape index (κ1) is 18.9. The molecular formula is C17H36O2. The van der Waals surface area contributed by atoms with Crippen LogP contribution >= 0.6 is 0 Å². The van der Waals surface area contributed by atoms with Gasteiger partial charge in [-0.15, -0.1) is 0 Å². The van der Waals surface area contributed by atoms with Gasteiger partial charge in [-0.3, -0.25) is 0 Å². The average Bonchev–Trinajstić information content (AvgIpc) is 2.14. The average molecular weight is 272 g/mol. The summed E-state index contributed by atoms with van der Waals surface area (Å²) in [5.74, 6) is 0. The third-order valence-corrected chi connectivity index (χ3v) is 5.56. The minimum atomic E-state index is -0.231. The fourth-order valence-corrected chi connectivity index (χ4v) is 1.89. The molecular weight excluding hydrogens is 236 g/mol. The largest absolute Gasteiger partial charge is 0.384 e. The van der Waals surface area contributed by atoms with Crippen LogP contribution < -0.4 is 0 Å². The highest BCUT2D eigenvalue weighted by molar-refractivity contribution is 4.93. The Bertz CT molecular complexity index is 282. The van der Waals surface area contributed by atoms with Crippen molar-refractivity contribution in [2.24, 2.45) is 16.2 Å². The van der Waals surface area contributed by atoms with Crippen molar-refractivity contribution in [2.75, 3.05) is 13.7 Å². The molecule has 0 aliphatic carbocycles. The standard InChI is InChI=1S/C17H36O2/c1-13(16(7,8)14(2,3)4)19-17(9,10)15(5,6)12-18-11/h13H,12H2,1-11H3. The van der Waals surface area contributed by atoms with E-state index >= 15 is 0 Å². The molecule has 0 aliphatic rings. The third-order valence-electron chi connectivity index (χ3n) is 5.56. The van der Waals surface area contributed by atoms with Gasteiger partial charge in [-0.05, 0) is 31.6 Å². The van der Waals surface area contributed by atoms with Crippen LogP contribution in [0.15, 0.2) is 0 Å². The van der Waals surface area contributed by atoms with E-state index in [4.69, 9.17) is 9.47 Å². The summed E-state index contributed by atoms with van der Waals surface area (Å²) in [7, 11) is 1.75. The van der Waals surface area contributed by atoms with Crippen molar-refractivity contribution in [3.63, 3.8) is 0 Å². The molecule has 1 atom stereocenters. The Balaban J connectivity index is 5.04. The van der Waals surface area contributed by atoms with Gasteiger partial charge in [-0.2, -0.15) is 0 Å². The van der Waals surface area contributed by atoms with E-state index < -0.39 is 0 Å². The lowest BCUT2D eigenvalue weighted by molar-refractivity contribution is -0.189. The zero-order valence-corrected chi connectivity index (χ0v) is 15.1. The van der Waals surface area contributed by atoms with Gasteiger partial charge in [0, 0.05) is 12.5 Å². The summed E-state index contributed by atoms with van der Waals surface area (Å²) >= 11 is 0. The van der Waals surface area contributed by atoms with Crippen molar-refractivity contribution in [1.29, 1.82) is 0 Å². The molecule has 2 heteroatoms. The molecule has 0 bridgehead atoms. The molecule has 0 aromatic rings. The molecule has 0 rings (SSSR count). The van der Waals surface area contributed by atoms with Crippen molar-refractivity contribution < 1.29 is 9.47 Å². The van der Waals surface area contributed by atoms with E-state index in [2.05, 4.69) is 69.2 Å². The van der Waals surface area contributed by atoms with Gasteiger partial charge in [0.15, 0.2) is 0 Å². The van der Waals surface area contributed by atoms with Crippen LogP contribution in [0.5, 0.6) is 0 Å². The second-order valence-electron chi connectivity index (χ2n) is 8.56. The highest BCUT2D eigenvalue weighted by atomic mass is 16.5.